The molecule has 0 aromatic heterocycles. The third kappa shape index (κ3) is 5.87. The summed E-state index contributed by atoms with van der Waals surface area (Å²) in [5.41, 5.74) is 4.79. The van der Waals surface area contributed by atoms with Crippen molar-refractivity contribution in [3.63, 3.8) is 0 Å². The molecule has 1 aromatic carbocycles. The van der Waals surface area contributed by atoms with Gasteiger partial charge in [0, 0.05) is 23.4 Å². The van der Waals surface area contributed by atoms with Crippen molar-refractivity contribution in [3.8, 4) is 0 Å². The van der Waals surface area contributed by atoms with Gasteiger partial charge in [0.15, 0.2) is 0 Å². The molecule has 6 nitrogen and oxygen atoms in total. The van der Waals surface area contributed by atoms with Crippen molar-refractivity contribution in [2.45, 2.75) is 19.3 Å². The lowest BCUT2D eigenvalue weighted by Crippen LogP contribution is -2.41. The van der Waals surface area contributed by atoms with E-state index in [4.69, 9.17) is 16.7 Å². The highest BCUT2D eigenvalue weighted by Gasteiger charge is 2.07. The van der Waals surface area contributed by atoms with Gasteiger partial charge in [0.25, 0.3) is 5.91 Å². The van der Waals surface area contributed by atoms with Gasteiger partial charge in [0.05, 0.1) is 0 Å². The van der Waals surface area contributed by atoms with Crippen LogP contribution in [-0.4, -0.2) is 22.9 Å². The maximum absolute atomic E-state index is 11.6. The number of carbonyl (C=O) groups excluding carboxylic acids is 2. The van der Waals surface area contributed by atoms with Crippen molar-refractivity contribution in [2.24, 2.45) is 0 Å². The van der Waals surface area contributed by atoms with Gasteiger partial charge in [-0.15, -0.1) is 0 Å². The number of aliphatic carboxylic acids is 1. The molecule has 0 saturated heterocycles. The fourth-order valence-corrected chi connectivity index (χ4v) is 1.39. The minimum Gasteiger partial charge on any atom is -0.481 e. The van der Waals surface area contributed by atoms with Crippen LogP contribution in [0.5, 0.6) is 0 Å². The van der Waals surface area contributed by atoms with Crippen LogP contribution in [0.1, 0.15) is 29.6 Å². The monoisotopic (exact) mass is 284 g/mol. The second kappa shape index (κ2) is 7.38. The lowest BCUT2D eigenvalue weighted by molar-refractivity contribution is -0.137. The fourth-order valence-electron chi connectivity index (χ4n) is 1.26. The number of carboxylic acids is 1. The number of nitrogens with one attached hydrogen (secondary N) is 2. The maximum atomic E-state index is 11.6. The number of hydrogen-bond donors (Lipinski definition) is 3. The molecule has 0 aliphatic carbocycles. The van der Waals surface area contributed by atoms with E-state index in [2.05, 4.69) is 10.9 Å². The van der Waals surface area contributed by atoms with E-state index in [9.17, 15) is 14.4 Å². The fraction of sp³-hybridized carbons (Fsp3) is 0.250. The minimum atomic E-state index is -0.960. The molecule has 0 atom stereocenters. The van der Waals surface area contributed by atoms with Gasteiger partial charge in [-0.1, -0.05) is 11.6 Å². The minimum absolute atomic E-state index is 0.0349. The van der Waals surface area contributed by atoms with Crippen molar-refractivity contribution >= 4 is 29.4 Å². The predicted molar refractivity (Wildman–Crippen MR) is 68.5 cm³/mol. The van der Waals surface area contributed by atoms with E-state index < -0.39 is 17.8 Å². The molecule has 102 valence electrons. The topological polar surface area (TPSA) is 95.5 Å². The maximum Gasteiger partial charge on any atom is 0.303 e. The van der Waals surface area contributed by atoms with Gasteiger partial charge < -0.3 is 5.11 Å². The average Bonchev–Trinajstić information content (AvgIpc) is 2.36. The first-order chi connectivity index (χ1) is 8.99. The normalized spacial score (nSPS) is 9.74. The Morgan fingerprint density at radius 3 is 2.26 bits per heavy atom. The number of carboxylic acid groups (broad SMARTS) is 1. The summed E-state index contributed by atoms with van der Waals surface area (Å²) in [6, 6.07) is 6.17. The number of amides is 2. The SMILES string of the molecule is O=C(O)CCCC(=O)NNC(=O)c1ccc(Cl)cc1. The first-order valence-corrected chi connectivity index (χ1v) is 5.93. The largest absolute Gasteiger partial charge is 0.481 e. The van der Waals surface area contributed by atoms with Crippen molar-refractivity contribution in [1.29, 1.82) is 0 Å². The second-order valence-corrected chi connectivity index (χ2v) is 4.19. The van der Waals surface area contributed by atoms with Gasteiger partial charge in [0.2, 0.25) is 5.91 Å². The van der Waals surface area contributed by atoms with Crippen molar-refractivity contribution < 1.29 is 19.5 Å². The van der Waals surface area contributed by atoms with Crippen LogP contribution in [0.25, 0.3) is 0 Å². The molecule has 0 heterocycles. The molecule has 0 aliphatic rings. The van der Waals surface area contributed by atoms with E-state index in [-0.39, 0.29) is 19.3 Å². The molecule has 0 unspecified atom stereocenters. The van der Waals surface area contributed by atoms with E-state index in [1.807, 2.05) is 0 Å². The standard InChI is InChI=1S/C12H13ClN2O4/c13-9-6-4-8(5-7-9)12(19)15-14-10(16)2-1-3-11(17)18/h4-7H,1-3H2,(H,14,16)(H,15,19)(H,17,18). The molecule has 7 heteroatoms. The lowest BCUT2D eigenvalue weighted by atomic mass is 10.2. The average molecular weight is 285 g/mol. The van der Waals surface area contributed by atoms with E-state index >= 15 is 0 Å². The van der Waals surface area contributed by atoms with Crippen LogP contribution in [0, 0.1) is 0 Å². The van der Waals surface area contributed by atoms with Crippen molar-refractivity contribution in [3.05, 3.63) is 34.9 Å². The van der Waals surface area contributed by atoms with Gasteiger partial charge in [0.1, 0.15) is 0 Å². The third-order valence-electron chi connectivity index (χ3n) is 2.22. The zero-order chi connectivity index (χ0) is 14.3. The molecule has 0 radical (unpaired) electrons. The Hall–Kier alpha value is -2.08. The Bertz CT molecular complexity index is 473. The first-order valence-electron chi connectivity index (χ1n) is 5.55. The van der Waals surface area contributed by atoms with Gasteiger partial charge in [-0.3, -0.25) is 25.2 Å². The Labute approximate surface area is 114 Å². The van der Waals surface area contributed by atoms with Crippen LogP contribution in [-0.2, 0) is 9.59 Å². The number of rotatable bonds is 5. The highest BCUT2D eigenvalue weighted by molar-refractivity contribution is 6.30. The van der Waals surface area contributed by atoms with E-state index in [0.29, 0.717) is 10.6 Å². The van der Waals surface area contributed by atoms with E-state index in [1.54, 1.807) is 12.1 Å². The molecule has 0 spiro atoms. The smallest absolute Gasteiger partial charge is 0.303 e. The summed E-state index contributed by atoms with van der Waals surface area (Å²) >= 11 is 5.68. The van der Waals surface area contributed by atoms with E-state index in [1.165, 1.54) is 12.1 Å². The van der Waals surface area contributed by atoms with Gasteiger partial charge in [-0.05, 0) is 30.7 Å². The van der Waals surface area contributed by atoms with Crippen molar-refractivity contribution in [2.75, 3.05) is 0 Å². The first kappa shape index (κ1) is 15.0. The summed E-state index contributed by atoms with van der Waals surface area (Å²) in [7, 11) is 0. The molecule has 1 rings (SSSR count). The van der Waals surface area contributed by atoms with Gasteiger partial charge in [-0.25, -0.2) is 0 Å². The molecule has 19 heavy (non-hydrogen) atoms. The Balaban J connectivity index is 2.31. The molecular formula is C12H13ClN2O4. The highest BCUT2D eigenvalue weighted by atomic mass is 35.5. The van der Waals surface area contributed by atoms with Crippen LogP contribution in [0.3, 0.4) is 0 Å². The molecule has 0 aliphatic heterocycles. The summed E-state index contributed by atoms with van der Waals surface area (Å²) in [6.45, 7) is 0. The number of halogens is 1. The van der Waals surface area contributed by atoms with Crippen LogP contribution in [0.2, 0.25) is 5.02 Å². The van der Waals surface area contributed by atoms with Crippen LogP contribution >= 0.6 is 11.6 Å². The summed E-state index contributed by atoms with van der Waals surface area (Å²) in [4.78, 5) is 33.1. The third-order valence-corrected chi connectivity index (χ3v) is 2.47. The van der Waals surface area contributed by atoms with Crippen molar-refractivity contribution in [1.82, 2.24) is 10.9 Å². The zero-order valence-electron chi connectivity index (χ0n) is 9.98. The summed E-state index contributed by atoms with van der Waals surface area (Å²) in [5, 5.41) is 8.91. The Kier molecular flexibility index (Phi) is 5.81. The summed E-state index contributed by atoms with van der Waals surface area (Å²) in [5.74, 6) is -1.87. The van der Waals surface area contributed by atoms with E-state index in [0.717, 1.165) is 0 Å². The quantitative estimate of drug-likeness (QED) is 0.711. The van der Waals surface area contributed by atoms with Crippen LogP contribution in [0.15, 0.2) is 24.3 Å². The number of hydrazine groups is 1. The van der Waals surface area contributed by atoms with Crippen LogP contribution in [0.4, 0.5) is 0 Å². The zero-order valence-corrected chi connectivity index (χ0v) is 10.7. The summed E-state index contributed by atoms with van der Waals surface area (Å²) < 4.78 is 0. The van der Waals surface area contributed by atoms with Gasteiger partial charge >= 0.3 is 5.97 Å². The molecule has 0 bridgehead atoms. The molecule has 3 N–H and O–H groups in total. The second-order valence-electron chi connectivity index (χ2n) is 3.76. The molecular weight excluding hydrogens is 272 g/mol. The lowest BCUT2D eigenvalue weighted by Gasteiger charge is -2.06. The molecule has 1 aromatic rings. The summed E-state index contributed by atoms with van der Waals surface area (Å²) in [6.07, 6.45) is 0.170. The number of benzene rings is 1. The number of carbonyl (C=O) groups is 3. The Morgan fingerprint density at radius 1 is 1.05 bits per heavy atom. The molecule has 0 fully saturated rings. The molecule has 2 amide bonds. The molecule has 0 saturated carbocycles. The number of hydrogen-bond acceptors (Lipinski definition) is 3. The Morgan fingerprint density at radius 2 is 1.68 bits per heavy atom. The highest BCUT2D eigenvalue weighted by Crippen LogP contribution is 2.08. The van der Waals surface area contributed by atoms with Crippen LogP contribution < -0.4 is 10.9 Å². The predicted octanol–water partition coefficient (Wildman–Crippen LogP) is 1.36. The van der Waals surface area contributed by atoms with Gasteiger partial charge in [-0.2, -0.15) is 0 Å².